The van der Waals surface area contributed by atoms with E-state index < -0.39 is 18.4 Å². The summed E-state index contributed by atoms with van der Waals surface area (Å²) in [7, 11) is 0. The predicted octanol–water partition coefficient (Wildman–Crippen LogP) is 6.08. The zero-order chi connectivity index (χ0) is 15.3. The molecule has 0 saturated carbocycles. The molecule has 0 aliphatic rings. The van der Waals surface area contributed by atoms with Crippen LogP contribution in [-0.2, 0) is 4.79 Å². The minimum atomic E-state index is -2.12. The second kappa shape index (κ2) is 12.7. The molecule has 0 aromatic heterocycles. The van der Waals surface area contributed by atoms with Crippen LogP contribution in [-0.4, -0.2) is 24.7 Å². The van der Waals surface area contributed by atoms with Gasteiger partial charge in [-0.2, -0.15) is 0 Å². The molecule has 0 radical (unpaired) electrons. The van der Waals surface area contributed by atoms with Gasteiger partial charge in [0.25, 0.3) is 0 Å². The van der Waals surface area contributed by atoms with E-state index in [1.165, 1.54) is 51.8 Å². The van der Waals surface area contributed by atoms with E-state index in [1.54, 1.807) is 6.08 Å². The normalized spacial score (nSPS) is 13.1. The average molecular weight is 385 g/mol. The maximum atomic E-state index is 10.6. The topological polar surface area (TPSA) is 17.1 Å². The fourth-order valence-electron chi connectivity index (χ4n) is 2.68. The molecule has 1 nitrogen and oxygen atoms in total. The minimum absolute atomic E-state index is 0.904. The molecule has 0 atom stereocenters. The quantitative estimate of drug-likeness (QED) is 0.172. The third kappa shape index (κ3) is 8.99. The van der Waals surface area contributed by atoms with Gasteiger partial charge in [-0.3, -0.25) is 0 Å². The Balaban J connectivity index is 5.00. The van der Waals surface area contributed by atoms with Gasteiger partial charge in [0.05, 0.1) is 0 Å². The Morgan fingerprint density at radius 2 is 1.35 bits per heavy atom. The molecule has 116 valence electrons. The van der Waals surface area contributed by atoms with E-state index in [0.29, 0.717) is 0 Å². The maximum absolute atomic E-state index is 10.6. The zero-order valence-electron chi connectivity index (χ0n) is 14.1. The Kier molecular flexibility index (Phi) is 12.6. The number of aldehydes is 1. The van der Waals surface area contributed by atoms with E-state index >= 15 is 0 Å². The first-order valence-corrected chi connectivity index (χ1v) is 16.2. The van der Waals surface area contributed by atoms with Gasteiger partial charge in [0.1, 0.15) is 0 Å². The van der Waals surface area contributed by atoms with Gasteiger partial charge in [0.15, 0.2) is 0 Å². The van der Waals surface area contributed by atoms with Gasteiger partial charge in [-0.25, -0.2) is 0 Å². The Morgan fingerprint density at radius 3 is 1.70 bits per heavy atom. The molecule has 0 unspecified atom stereocenters. The van der Waals surface area contributed by atoms with Gasteiger partial charge in [-0.05, 0) is 0 Å². The number of rotatable bonds is 12. The van der Waals surface area contributed by atoms with Crippen LogP contribution in [0.3, 0.4) is 0 Å². The van der Waals surface area contributed by atoms with Gasteiger partial charge in [-0.15, -0.1) is 0 Å². The van der Waals surface area contributed by atoms with Crippen LogP contribution in [0.15, 0.2) is 21.8 Å². The SMILES string of the molecule is CCC[CH2][Sn]([CH]=CC(C)=CC=O)([CH2]CCC)[CH2]CCC. The van der Waals surface area contributed by atoms with Crippen molar-refractivity contribution in [3.8, 4) is 0 Å². The molecule has 20 heavy (non-hydrogen) atoms. The molecule has 0 rings (SSSR count). The standard InChI is InChI=1S/C6H7O.3C4H9.Sn/c1-3-6(2)4-5-7;3*1-3-4-2;/h1,3-5H,2H3;3*1,3-4H2,2H3;. The molecule has 0 saturated heterocycles. The van der Waals surface area contributed by atoms with E-state index in [2.05, 4.69) is 30.9 Å². The number of unbranched alkanes of at least 4 members (excludes halogenated alkanes) is 3. The number of hydrogen-bond acceptors (Lipinski definition) is 1. The molecule has 0 heterocycles. The van der Waals surface area contributed by atoms with Gasteiger partial charge in [-0.1, -0.05) is 0 Å². The van der Waals surface area contributed by atoms with Gasteiger partial charge >= 0.3 is 131 Å². The summed E-state index contributed by atoms with van der Waals surface area (Å²) in [6.07, 6.45) is 13.0. The third-order valence-electron chi connectivity index (χ3n) is 4.12. The van der Waals surface area contributed by atoms with Crippen molar-refractivity contribution in [3.05, 3.63) is 21.8 Å². The molecular weight excluding hydrogens is 351 g/mol. The van der Waals surface area contributed by atoms with Crippen LogP contribution >= 0.6 is 0 Å². The molecule has 0 aliphatic carbocycles. The second-order valence-electron chi connectivity index (χ2n) is 6.05. The van der Waals surface area contributed by atoms with Gasteiger partial charge in [0.2, 0.25) is 0 Å². The summed E-state index contributed by atoms with van der Waals surface area (Å²) in [4.78, 5) is 10.6. The molecule has 0 fully saturated rings. The van der Waals surface area contributed by atoms with Crippen LogP contribution in [0.1, 0.15) is 66.2 Å². The van der Waals surface area contributed by atoms with Crippen molar-refractivity contribution in [3.63, 3.8) is 0 Å². The third-order valence-corrected chi connectivity index (χ3v) is 18.2. The summed E-state index contributed by atoms with van der Waals surface area (Å²) < 4.78 is 7.10. The van der Waals surface area contributed by atoms with E-state index in [1.807, 2.05) is 6.92 Å². The van der Waals surface area contributed by atoms with Crippen LogP contribution in [0.25, 0.3) is 0 Å². The molecule has 2 heteroatoms. The summed E-state index contributed by atoms with van der Waals surface area (Å²) in [5, 5.41) is 0. The average Bonchev–Trinajstić information content (AvgIpc) is 2.46. The first kappa shape index (κ1) is 19.9. The first-order chi connectivity index (χ1) is 9.64. The summed E-state index contributed by atoms with van der Waals surface area (Å²) in [6, 6.07) is 0. The molecular formula is C18H34OSn. The van der Waals surface area contributed by atoms with E-state index in [0.717, 1.165) is 11.9 Å². The number of allylic oxidation sites excluding steroid dienone is 3. The number of carbonyl (C=O) groups is 1. The molecule has 0 spiro atoms. The van der Waals surface area contributed by atoms with E-state index in [9.17, 15) is 4.79 Å². The Hall–Kier alpha value is -0.0513. The van der Waals surface area contributed by atoms with Crippen molar-refractivity contribution in [1.82, 2.24) is 0 Å². The molecule has 0 N–H and O–H groups in total. The van der Waals surface area contributed by atoms with Crippen molar-refractivity contribution in [2.45, 2.75) is 79.5 Å². The van der Waals surface area contributed by atoms with Crippen molar-refractivity contribution >= 4 is 24.7 Å². The fourth-order valence-corrected chi connectivity index (χ4v) is 17.1. The van der Waals surface area contributed by atoms with E-state index in [-0.39, 0.29) is 0 Å². The fraction of sp³-hybridized carbons (Fsp3) is 0.722. The van der Waals surface area contributed by atoms with Crippen molar-refractivity contribution in [1.29, 1.82) is 0 Å². The molecule has 0 bridgehead atoms. The zero-order valence-corrected chi connectivity index (χ0v) is 16.9. The summed E-state index contributed by atoms with van der Waals surface area (Å²) in [5.74, 6) is 0. The van der Waals surface area contributed by atoms with Crippen LogP contribution in [0.2, 0.25) is 13.3 Å². The van der Waals surface area contributed by atoms with Gasteiger partial charge < -0.3 is 0 Å². The van der Waals surface area contributed by atoms with Crippen LogP contribution in [0, 0.1) is 0 Å². The molecule has 0 aliphatic heterocycles. The molecule has 0 aromatic rings. The number of hydrogen-bond donors (Lipinski definition) is 0. The second-order valence-corrected chi connectivity index (χ2v) is 19.1. The Bertz CT molecular complexity index is 283. The predicted molar refractivity (Wildman–Crippen MR) is 93.9 cm³/mol. The van der Waals surface area contributed by atoms with Crippen molar-refractivity contribution < 1.29 is 4.79 Å². The summed E-state index contributed by atoms with van der Waals surface area (Å²) >= 11 is -2.12. The first-order valence-electron chi connectivity index (χ1n) is 8.45. The van der Waals surface area contributed by atoms with Crippen molar-refractivity contribution in [2.24, 2.45) is 0 Å². The van der Waals surface area contributed by atoms with Crippen molar-refractivity contribution in [2.75, 3.05) is 0 Å². The number of carbonyl (C=O) groups excluding carboxylic acids is 1. The molecule has 0 aromatic carbocycles. The van der Waals surface area contributed by atoms with Crippen LogP contribution in [0.5, 0.6) is 0 Å². The summed E-state index contributed by atoms with van der Waals surface area (Å²) in [5.41, 5.74) is 1.12. The van der Waals surface area contributed by atoms with E-state index in [4.69, 9.17) is 0 Å². The van der Waals surface area contributed by atoms with Crippen LogP contribution < -0.4 is 0 Å². The Morgan fingerprint density at radius 1 is 0.900 bits per heavy atom. The van der Waals surface area contributed by atoms with Gasteiger partial charge in [0, 0.05) is 0 Å². The monoisotopic (exact) mass is 386 g/mol. The van der Waals surface area contributed by atoms with Crippen LogP contribution in [0.4, 0.5) is 0 Å². The molecule has 0 amide bonds. The summed E-state index contributed by atoms with van der Waals surface area (Å²) in [6.45, 7) is 8.95. The Labute approximate surface area is 130 Å².